The predicted octanol–water partition coefficient (Wildman–Crippen LogP) is 1.79. The lowest BCUT2D eigenvalue weighted by Crippen LogP contribution is -2.39. The zero-order valence-electron chi connectivity index (χ0n) is 14.7. The fourth-order valence-corrected chi connectivity index (χ4v) is 3.23. The molecule has 0 aliphatic heterocycles. The number of hydrogen-bond acceptors (Lipinski definition) is 4. The number of hydrogen-bond donors (Lipinski definition) is 3. The largest absolute Gasteiger partial charge is 0.354 e. The summed E-state index contributed by atoms with van der Waals surface area (Å²) < 4.78 is 0. The molecule has 2 rings (SSSR count). The Kier molecular flexibility index (Phi) is 7.82. The Labute approximate surface area is 157 Å². The van der Waals surface area contributed by atoms with Crippen LogP contribution in [0.3, 0.4) is 0 Å². The molecule has 6 nitrogen and oxygen atoms in total. The van der Waals surface area contributed by atoms with Crippen LogP contribution in [0.4, 0.5) is 0 Å². The van der Waals surface area contributed by atoms with Crippen LogP contribution in [0, 0.1) is 0 Å². The van der Waals surface area contributed by atoms with E-state index in [-0.39, 0.29) is 36.7 Å². The molecule has 2 aromatic rings. The van der Waals surface area contributed by atoms with Gasteiger partial charge >= 0.3 is 0 Å². The van der Waals surface area contributed by atoms with Crippen molar-refractivity contribution in [1.82, 2.24) is 16.0 Å². The third-order valence-corrected chi connectivity index (χ3v) is 4.66. The van der Waals surface area contributed by atoms with Crippen molar-refractivity contribution in [1.29, 1.82) is 0 Å². The summed E-state index contributed by atoms with van der Waals surface area (Å²) in [6, 6.07) is 13.2. The van der Waals surface area contributed by atoms with E-state index in [0.717, 1.165) is 16.9 Å². The van der Waals surface area contributed by atoms with Crippen molar-refractivity contribution < 1.29 is 14.4 Å². The van der Waals surface area contributed by atoms with Crippen molar-refractivity contribution in [2.45, 2.75) is 25.8 Å². The number of rotatable bonds is 9. The highest BCUT2D eigenvalue weighted by Crippen LogP contribution is 2.21. The summed E-state index contributed by atoms with van der Waals surface area (Å²) in [5.41, 5.74) is 1.14. The van der Waals surface area contributed by atoms with Crippen molar-refractivity contribution in [3.05, 3.63) is 58.3 Å². The normalized spacial score (nSPS) is 11.4. The minimum absolute atomic E-state index is 0.0785. The van der Waals surface area contributed by atoms with Gasteiger partial charge in [-0.3, -0.25) is 14.4 Å². The van der Waals surface area contributed by atoms with Crippen LogP contribution in [-0.4, -0.2) is 30.8 Å². The topological polar surface area (TPSA) is 87.3 Å². The first kappa shape index (κ1) is 19.7. The summed E-state index contributed by atoms with van der Waals surface area (Å²) in [6.45, 7) is 1.85. The first-order valence-electron chi connectivity index (χ1n) is 8.42. The molecule has 7 heteroatoms. The summed E-state index contributed by atoms with van der Waals surface area (Å²) in [7, 11) is 0. The second kappa shape index (κ2) is 10.4. The van der Waals surface area contributed by atoms with Crippen LogP contribution in [0.15, 0.2) is 47.8 Å². The van der Waals surface area contributed by atoms with E-state index in [0.29, 0.717) is 6.54 Å². The Hall–Kier alpha value is -2.67. The molecule has 1 aromatic carbocycles. The fourth-order valence-electron chi connectivity index (χ4n) is 2.45. The number of carbonyl (C=O) groups is 3. The highest BCUT2D eigenvalue weighted by Gasteiger charge is 2.18. The lowest BCUT2D eigenvalue weighted by atomic mass is 10.1. The summed E-state index contributed by atoms with van der Waals surface area (Å²) >= 11 is 1.47. The standard InChI is InChI=1S/C19H23N3O3S/c1-14(23)22-16(17-8-5-11-26-17)12-18(24)21-13-19(25)20-10-9-15-6-3-2-4-7-15/h2-8,11,16H,9-10,12-13H2,1H3,(H,20,25)(H,21,24)(H,22,23). The average molecular weight is 373 g/mol. The van der Waals surface area contributed by atoms with E-state index in [1.54, 1.807) is 0 Å². The maximum Gasteiger partial charge on any atom is 0.239 e. The minimum Gasteiger partial charge on any atom is -0.354 e. The van der Waals surface area contributed by atoms with E-state index >= 15 is 0 Å². The second-order valence-electron chi connectivity index (χ2n) is 5.83. The van der Waals surface area contributed by atoms with Crippen LogP contribution < -0.4 is 16.0 Å². The smallest absolute Gasteiger partial charge is 0.239 e. The van der Waals surface area contributed by atoms with Crippen molar-refractivity contribution in [2.24, 2.45) is 0 Å². The molecule has 138 valence electrons. The Morgan fingerprint density at radius 2 is 1.77 bits per heavy atom. The summed E-state index contributed by atoms with van der Waals surface area (Å²) in [4.78, 5) is 36.2. The lowest BCUT2D eigenvalue weighted by Gasteiger charge is -2.16. The maximum atomic E-state index is 12.1. The molecule has 0 saturated carbocycles. The van der Waals surface area contributed by atoms with Gasteiger partial charge in [-0.2, -0.15) is 0 Å². The molecule has 1 atom stereocenters. The molecular weight excluding hydrogens is 350 g/mol. The SMILES string of the molecule is CC(=O)NC(CC(=O)NCC(=O)NCCc1ccccc1)c1cccs1. The lowest BCUT2D eigenvalue weighted by molar-refractivity contribution is -0.126. The summed E-state index contributed by atoms with van der Waals surface area (Å²) in [5.74, 6) is -0.716. The quantitative estimate of drug-likeness (QED) is 0.626. The molecule has 0 radical (unpaired) electrons. The van der Waals surface area contributed by atoms with E-state index in [4.69, 9.17) is 0 Å². The van der Waals surface area contributed by atoms with E-state index < -0.39 is 0 Å². The molecular formula is C19H23N3O3S. The van der Waals surface area contributed by atoms with Crippen LogP contribution >= 0.6 is 11.3 Å². The maximum absolute atomic E-state index is 12.1. The molecule has 1 aromatic heterocycles. The van der Waals surface area contributed by atoms with Gasteiger partial charge in [0.05, 0.1) is 19.0 Å². The Morgan fingerprint density at radius 1 is 1.00 bits per heavy atom. The highest BCUT2D eigenvalue weighted by atomic mass is 32.1. The van der Waals surface area contributed by atoms with E-state index in [2.05, 4.69) is 16.0 Å². The summed E-state index contributed by atoms with van der Waals surface area (Å²) in [5, 5.41) is 10.0. The first-order valence-corrected chi connectivity index (χ1v) is 9.30. The zero-order valence-corrected chi connectivity index (χ0v) is 15.5. The van der Waals surface area contributed by atoms with Crippen LogP contribution in [-0.2, 0) is 20.8 Å². The van der Waals surface area contributed by atoms with E-state index in [1.807, 2.05) is 47.8 Å². The molecule has 0 spiro atoms. The Morgan fingerprint density at radius 3 is 2.42 bits per heavy atom. The first-order chi connectivity index (χ1) is 12.5. The van der Waals surface area contributed by atoms with Crippen molar-refractivity contribution >= 4 is 29.1 Å². The predicted molar refractivity (Wildman–Crippen MR) is 102 cm³/mol. The van der Waals surface area contributed by atoms with Crippen LogP contribution in [0.25, 0.3) is 0 Å². The van der Waals surface area contributed by atoms with Gasteiger partial charge in [0.25, 0.3) is 0 Å². The van der Waals surface area contributed by atoms with Gasteiger partial charge in [0, 0.05) is 18.3 Å². The van der Waals surface area contributed by atoms with E-state index in [9.17, 15) is 14.4 Å². The van der Waals surface area contributed by atoms with Gasteiger partial charge in [0.1, 0.15) is 0 Å². The van der Waals surface area contributed by atoms with Crippen LogP contribution in [0.5, 0.6) is 0 Å². The number of nitrogens with one attached hydrogen (secondary N) is 3. The monoisotopic (exact) mass is 373 g/mol. The van der Waals surface area contributed by atoms with E-state index in [1.165, 1.54) is 18.3 Å². The molecule has 1 unspecified atom stereocenters. The molecule has 26 heavy (non-hydrogen) atoms. The Balaban J connectivity index is 1.71. The molecule has 3 N–H and O–H groups in total. The number of thiophene rings is 1. The van der Waals surface area contributed by atoms with Crippen molar-refractivity contribution in [3.63, 3.8) is 0 Å². The summed E-state index contributed by atoms with van der Waals surface area (Å²) in [6.07, 6.45) is 0.834. The molecule has 0 saturated heterocycles. The number of carbonyl (C=O) groups excluding carboxylic acids is 3. The average Bonchev–Trinajstić information content (AvgIpc) is 3.14. The zero-order chi connectivity index (χ0) is 18.8. The molecule has 0 bridgehead atoms. The third kappa shape index (κ3) is 7.06. The second-order valence-corrected chi connectivity index (χ2v) is 6.81. The number of benzene rings is 1. The molecule has 1 heterocycles. The minimum atomic E-state index is -0.381. The Bertz CT molecular complexity index is 717. The fraction of sp³-hybridized carbons (Fsp3) is 0.316. The number of amides is 3. The van der Waals surface area contributed by atoms with Crippen molar-refractivity contribution in [2.75, 3.05) is 13.1 Å². The van der Waals surface area contributed by atoms with Crippen LogP contribution in [0.2, 0.25) is 0 Å². The van der Waals surface area contributed by atoms with Gasteiger partial charge in [-0.1, -0.05) is 36.4 Å². The van der Waals surface area contributed by atoms with Gasteiger partial charge < -0.3 is 16.0 Å². The van der Waals surface area contributed by atoms with Gasteiger partial charge in [0.2, 0.25) is 17.7 Å². The molecule has 0 aliphatic rings. The third-order valence-electron chi connectivity index (χ3n) is 3.68. The molecule has 0 fully saturated rings. The van der Waals surface area contributed by atoms with Gasteiger partial charge in [-0.15, -0.1) is 11.3 Å². The highest BCUT2D eigenvalue weighted by molar-refractivity contribution is 7.10. The van der Waals surface area contributed by atoms with Crippen molar-refractivity contribution in [3.8, 4) is 0 Å². The van der Waals surface area contributed by atoms with Gasteiger partial charge in [0.15, 0.2) is 0 Å². The van der Waals surface area contributed by atoms with Crippen LogP contribution in [0.1, 0.15) is 29.8 Å². The van der Waals surface area contributed by atoms with Gasteiger partial charge in [-0.05, 0) is 23.4 Å². The molecule has 3 amide bonds. The van der Waals surface area contributed by atoms with Gasteiger partial charge in [-0.25, -0.2) is 0 Å². The molecule has 0 aliphatic carbocycles.